The van der Waals surface area contributed by atoms with E-state index >= 15 is 0 Å². The fourth-order valence-electron chi connectivity index (χ4n) is 1.67. The molecule has 1 heterocycles. The highest BCUT2D eigenvalue weighted by molar-refractivity contribution is 7.80. The van der Waals surface area contributed by atoms with E-state index in [1.165, 1.54) is 0 Å². The van der Waals surface area contributed by atoms with Gasteiger partial charge < -0.3 is 11.1 Å². The first-order valence-corrected chi connectivity index (χ1v) is 7.12. The van der Waals surface area contributed by atoms with Crippen LogP contribution in [0.15, 0.2) is 41.8 Å². The molecule has 0 aliphatic rings. The fourth-order valence-corrected chi connectivity index (χ4v) is 2.50. The molecule has 0 bridgehead atoms. The monoisotopic (exact) mass is 290 g/mol. The van der Waals surface area contributed by atoms with Crippen LogP contribution >= 0.6 is 23.6 Å². The van der Waals surface area contributed by atoms with Crippen LogP contribution in [0, 0.1) is 0 Å². The molecule has 3 N–H and O–H groups in total. The summed E-state index contributed by atoms with van der Waals surface area (Å²) in [5.41, 5.74) is 7.38. The molecule has 0 aliphatic heterocycles. The molecule has 0 unspecified atom stereocenters. The van der Waals surface area contributed by atoms with Gasteiger partial charge in [0, 0.05) is 17.0 Å². The van der Waals surface area contributed by atoms with Crippen molar-refractivity contribution in [3.8, 4) is 0 Å². The fraction of sp³-hybridized carbons (Fsp3) is 0.143. The lowest BCUT2D eigenvalue weighted by Gasteiger charge is -2.06. The number of amides is 1. The van der Waals surface area contributed by atoms with E-state index in [2.05, 4.69) is 5.32 Å². The first-order chi connectivity index (χ1) is 9.15. The van der Waals surface area contributed by atoms with Crippen molar-refractivity contribution >= 4 is 34.5 Å². The number of rotatable bonds is 5. The molecule has 3 nitrogen and oxygen atoms in total. The van der Waals surface area contributed by atoms with E-state index in [9.17, 15) is 4.79 Å². The highest BCUT2D eigenvalue weighted by atomic mass is 32.1. The minimum atomic E-state index is 0.0168. The average Bonchev–Trinajstić information content (AvgIpc) is 2.89. The maximum Gasteiger partial charge on any atom is 0.225 e. The second-order valence-corrected chi connectivity index (χ2v) is 5.57. The van der Waals surface area contributed by atoms with Gasteiger partial charge in [-0.3, -0.25) is 4.79 Å². The van der Waals surface area contributed by atoms with Crippen LogP contribution in [0.2, 0.25) is 0 Å². The predicted molar refractivity (Wildman–Crippen MR) is 82.2 cm³/mol. The van der Waals surface area contributed by atoms with Gasteiger partial charge in [0.05, 0.1) is 6.42 Å². The lowest BCUT2D eigenvalue weighted by atomic mass is 10.1. The Bertz CT molecular complexity index is 579. The van der Waals surface area contributed by atoms with Crippen LogP contribution in [-0.2, 0) is 17.8 Å². The molecule has 0 fully saturated rings. The molecule has 0 spiro atoms. The third-order valence-electron chi connectivity index (χ3n) is 2.62. The van der Waals surface area contributed by atoms with Crippen LogP contribution in [0.25, 0.3) is 0 Å². The molecular weight excluding hydrogens is 276 g/mol. The van der Waals surface area contributed by atoms with Crippen molar-refractivity contribution in [3.63, 3.8) is 0 Å². The lowest BCUT2D eigenvalue weighted by Crippen LogP contribution is -2.24. The van der Waals surface area contributed by atoms with Crippen molar-refractivity contribution in [2.75, 3.05) is 0 Å². The summed E-state index contributed by atoms with van der Waals surface area (Å²) >= 11 is 6.51. The molecule has 1 aromatic carbocycles. The van der Waals surface area contributed by atoms with E-state index in [0.29, 0.717) is 18.0 Å². The second-order valence-electron chi connectivity index (χ2n) is 4.10. The van der Waals surface area contributed by atoms with E-state index in [-0.39, 0.29) is 5.91 Å². The number of nitrogens with one attached hydrogen (secondary N) is 1. The normalized spacial score (nSPS) is 10.1. The van der Waals surface area contributed by atoms with E-state index in [1.54, 1.807) is 11.3 Å². The molecule has 2 aromatic rings. The molecule has 0 saturated carbocycles. The van der Waals surface area contributed by atoms with Gasteiger partial charge in [-0.2, -0.15) is 0 Å². The Hall–Kier alpha value is -1.72. The minimum absolute atomic E-state index is 0.0168. The molecule has 1 amide bonds. The topological polar surface area (TPSA) is 55.1 Å². The molecule has 0 atom stereocenters. The molecule has 0 saturated heterocycles. The van der Waals surface area contributed by atoms with E-state index in [1.807, 2.05) is 41.8 Å². The largest absolute Gasteiger partial charge is 0.389 e. The predicted octanol–water partition coefficient (Wildman–Crippen LogP) is 2.24. The summed E-state index contributed by atoms with van der Waals surface area (Å²) in [6.45, 7) is 0.487. The van der Waals surface area contributed by atoms with Crippen molar-refractivity contribution in [1.29, 1.82) is 0 Å². The minimum Gasteiger partial charge on any atom is -0.389 e. The maximum atomic E-state index is 11.7. The molecule has 98 valence electrons. The number of carbonyl (C=O) groups is 1. The highest BCUT2D eigenvalue weighted by Gasteiger charge is 2.04. The number of hydrogen-bond donors (Lipinski definition) is 2. The summed E-state index contributed by atoms with van der Waals surface area (Å²) in [6, 6.07) is 11.5. The average molecular weight is 290 g/mol. The molecule has 5 heteroatoms. The Morgan fingerprint density at radius 1 is 1.32 bits per heavy atom. The van der Waals surface area contributed by atoms with Crippen molar-refractivity contribution in [2.45, 2.75) is 13.0 Å². The van der Waals surface area contributed by atoms with Crippen LogP contribution in [0.3, 0.4) is 0 Å². The number of hydrogen-bond acceptors (Lipinski definition) is 3. The van der Waals surface area contributed by atoms with Crippen LogP contribution in [0.5, 0.6) is 0 Å². The van der Waals surface area contributed by atoms with Crippen LogP contribution in [-0.4, -0.2) is 10.9 Å². The smallest absolute Gasteiger partial charge is 0.225 e. The van der Waals surface area contributed by atoms with E-state index < -0.39 is 0 Å². The second kappa shape index (κ2) is 6.45. The Labute approximate surface area is 121 Å². The summed E-state index contributed by atoms with van der Waals surface area (Å²) in [7, 11) is 0. The molecule has 2 rings (SSSR count). The number of thiocarbonyl (C=S) groups is 1. The molecule has 19 heavy (non-hydrogen) atoms. The van der Waals surface area contributed by atoms with Crippen molar-refractivity contribution in [2.24, 2.45) is 5.73 Å². The van der Waals surface area contributed by atoms with Gasteiger partial charge in [0.1, 0.15) is 4.99 Å². The first-order valence-electron chi connectivity index (χ1n) is 5.83. The van der Waals surface area contributed by atoms with Crippen molar-refractivity contribution < 1.29 is 4.79 Å². The van der Waals surface area contributed by atoms with Gasteiger partial charge in [-0.05, 0) is 23.1 Å². The number of benzene rings is 1. The van der Waals surface area contributed by atoms with Gasteiger partial charge >= 0.3 is 0 Å². The number of thiophene rings is 1. The zero-order valence-corrected chi connectivity index (χ0v) is 11.9. The van der Waals surface area contributed by atoms with Gasteiger partial charge in [-0.15, -0.1) is 11.3 Å². The van der Waals surface area contributed by atoms with Crippen molar-refractivity contribution in [1.82, 2.24) is 5.32 Å². The van der Waals surface area contributed by atoms with Crippen LogP contribution in [0.4, 0.5) is 0 Å². The SMILES string of the molecule is NC(=S)c1cccc(CNC(=O)Cc2cccs2)c1. The molecule has 1 aromatic heterocycles. The Morgan fingerprint density at radius 2 is 2.16 bits per heavy atom. The Kier molecular flexibility index (Phi) is 4.65. The Morgan fingerprint density at radius 3 is 2.84 bits per heavy atom. The summed E-state index contributed by atoms with van der Waals surface area (Å²) in [5.74, 6) is 0.0168. The zero-order chi connectivity index (χ0) is 13.7. The molecule has 0 aliphatic carbocycles. The van der Waals surface area contributed by atoms with E-state index in [0.717, 1.165) is 16.0 Å². The van der Waals surface area contributed by atoms with Gasteiger partial charge in [0.15, 0.2) is 0 Å². The Balaban J connectivity index is 1.89. The highest BCUT2D eigenvalue weighted by Crippen LogP contribution is 2.09. The van der Waals surface area contributed by atoms with Gasteiger partial charge in [0.25, 0.3) is 0 Å². The zero-order valence-electron chi connectivity index (χ0n) is 10.3. The quantitative estimate of drug-likeness (QED) is 0.830. The van der Waals surface area contributed by atoms with Crippen LogP contribution < -0.4 is 11.1 Å². The number of nitrogens with two attached hydrogens (primary N) is 1. The van der Waals surface area contributed by atoms with Crippen LogP contribution in [0.1, 0.15) is 16.0 Å². The number of carbonyl (C=O) groups excluding carboxylic acids is 1. The van der Waals surface area contributed by atoms with E-state index in [4.69, 9.17) is 18.0 Å². The maximum absolute atomic E-state index is 11.7. The standard InChI is InChI=1S/C14H14N2OS2/c15-14(18)11-4-1-3-10(7-11)9-16-13(17)8-12-5-2-6-19-12/h1-7H,8-9H2,(H2,15,18)(H,16,17). The molecular formula is C14H14N2OS2. The summed E-state index contributed by atoms with van der Waals surface area (Å²) in [5, 5.41) is 4.85. The third-order valence-corrected chi connectivity index (χ3v) is 3.73. The lowest BCUT2D eigenvalue weighted by molar-refractivity contribution is -0.120. The van der Waals surface area contributed by atoms with Gasteiger partial charge in [-0.25, -0.2) is 0 Å². The van der Waals surface area contributed by atoms with Gasteiger partial charge in [0.2, 0.25) is 5.91 Å². The molecule has 0 radical (unpaired) electrons. The first kappa shape index (κ1) is 13.7. The summed E-state index contributed by atoms with van der Waals surface area (Å²) < 4.78 is 0. The summed E-state index contributed by atoms with van der Waals surface area (Å²) in [6.07, 6.45) is 0.423. The van der Waals surface area contributed by atoms with Gasteiger partial charge in [-0.1, -0.05) is 36.5 Å². The van der Waals surface area contributed by atoms with Crippen molar-refractivity contribution in [3.05, 3.63) is 57.8 Å². The third kappa shape index (κ3) is 4.15. The summed E-state index contributed by atoms with van der Waals surface area (Å²) in [4.78, 5) is 13.2.